The van der Waals surface area contributed by atoms with E-state index in [0.717, 1.165) is 0 Å². The first kappa shape index (κ1) is 18.0. The monoisotopic (exact) mass is 311 g/mol. The van der Waals surface area contributed by atoms with Gasteiger partial charge in [-0.3, -0.25) is 9.59 Å². The lowest BCUT2D eigenvalue weighted by Crippen LogP contribution is -2.52. The van der Waals surface area contributed by atoms with Crippen LogP contribution in [0.25, 0.3) is 0 Å². The Morgan fingerprint density at radius 2 is 1.59 bits per heavy atom. The van der Waals surface area contributed by atoms with E-state index in [9.17, 15) is 14.4 Å². The van der Waals surface area contributed by atoms with Gasteiger partial charge in [0, 0.05) is 31.8 Å². The van der Waals surface area contributed by atoms with Gasteiger partial charge in [-0.05, 0) is 27.7 Å². The quantitative estimate of drug-likeness (QED) is 0.780. The van der Waals surface area contributed by atoms with Crippen molar-refractivity contribution in [3.05, 3.63) is 12.2 Å². The molecular formula is C15H25N3O4. The van der Waals surface area contributed by atoms with Crippen molar-refractivity contribution in [2.75, 3.05) is 32.7 Å². The Hall–Kier alpha value is -2.05. The van der Waals surface area contributed by atoms with Crippen LogP contribution in [-0.2, 0) is 14.3 Å². The fourth-order valence-corrected chi connectivity index (χ4v) is 2.00. The summed E-state index contributed by atoms with van der Waals surface area (Å²) in [5, 5.41) is 2.44. The Kier molecular flexibility index (Phi) is 5.96. The number of amides is 3. The number of carbonyl (C=O) groups excluding carboxylic acids is 3. The highest BCUT2D eigenvalue weighted by Crippen LogP contribution is 2.07. The molecule has 124 valence electrons. The van der Waals surface area contributed by atoms with Crippen molar-refractivity contribution in [2.24, 2.45) is 0 Å². The van der Waals surface area contributed by atoms with Gasteiger partial charge in [0.2, 0.25) is 11.8 Å². The molecule has 0 spiro atoms. The van der Waals surface area contributed by atoms with Crippen molar-refractivity contribution in [3.63, 3.8) is 0 Å². The second-order valence-corrected chi connectivity index (χ2v) is 6.31. The maximum absolute atomic E-state index is 12.0. The molecule has 3 amide bonds. The van der Waals surface area contributed by atoms with Crippen LogP contribution in [0.1, 0.15) is 27.7 Å². The third-order valence-corrected chi connectivity index (χ3v) is 3.07. The molecule has 1 aliphatic heterocycles. The standard InChI is InChI=1S/C15H25N3O4/c1-11(2)13(20)18-8-6-17(7-9-18)12(19)10-16-14(21)22-15(3,4)5/h1,6-10H2,2-5H3,(H,16,21). The van der Waals surface area contributed by atoms with Crippen LogP contribution in [0.15, 0.2) is 12.2 Å². The van der Waals surface area contributed by atoms with Crippen LogP contribution >= 0.6 is 0 Å². The van der Waals surface area contributed by atoms with Gasteiger partial charge in [-0.25, -0.2) is 4.79 Å². The number of alkyl carbamates (subject to hydrolysis) is 1. The number of carbonyl (C=O) groups is 3. The highest BCUT2D eigenvalue weighted by Gasteiger charge is 2.25. The molecule has 1 N–H and O–H groups in total. The van der Waals surface area contributed by atoms with Crippen molar-refractivity contribution >= 4 is 17.9 Å². The van der Waals surface area contributed by atoms with Gasteiger partial charge in [-0.15, -0.1) is 0 Å². The van der Waals surface area contributed by atoms with E-state index in [1.807, 2.05) is 0 Å². The first-order chi connectivity index (χ1) is 10.1. The molecule has 0 aliphatic carbocycles. The van der Waals surface area contributed by atoms with Crippen LogP contribution in [0, 0.1) is 0 Å². The van der Waals surface area contributed by atoms with E-state index in [0.29, 0.717) is 31.8 Å². The average molecular weight is 311 g/mol. The molecule has 0 atom stereocenters. The van der Waals surface area contributed by atoms with Gasteiger partial charge in [-0.2, -0.15) is 0 Å². The summed E-state index contributed by atoms with van der Waals surface area (Å²) in [5.74, 6) is -0.271. The van der Waals surface area contributed by atoms with Gasteiger partial charge in [0.05, 0.1) is 0 Å². The van der Waals surface area contributed by atoms with Gasteiger partial charge in [0.15, 0.2) is 0 Å². The van der Waals surface area contributed by atoms with Crippen LogP contribution in [-0.4, -0.2) is 66.0 Å². The first-order valence-corrected chi connectivity index (χ1v) is 7.29. The van der Waals surface area contributed by atoms with Crippen LogP contribution in [0.4, 0.5) is 4.79 Å². The molecule has 1 heterocycles. The van der Waals surface area contributed by atoms with Crippen molar-refractivity contribution in [1.29, 1.82) is 0 Å². The minimum atomic E-state index is -0.614. The van der Waals surface area contributed by atoms with E-state index in [4.69, 9.17) is 4.74 Å². The van der Waals surface area contributed by atoms with Gasteiger partial charge in [0.25, 0.3) is 0 Å². The average Bonchev–Trinajstić information content (AvgIpc) is 2.42. The lowest BCUT2D eigenvalue weighted by Gasteiger charge is -2.35. The molecule has 0 aromatic rings. The third-order valence-electron chi connectivity index (χ3n) is 3.07. The summed E-state index contributed by atoms with van der Waals surface area (Å²) in [4.78, 5) is 38.6. The first-order valence-electron chi connectivity index (χ1n) is 7.29. The van der Waals surface area contributed by atoms with Crippen molar-refractivity contribution in [3.8, 4) is 0 Å². The summed E-state index contributed by atoms with van der Waals surface area (Å²) >= 11 is 0. The molecule has 1 saturated heterocycles. The Morgan fingerprint density at radius 3 is 2.05 bits per heavy atom. The van der Waals surface area contributed by atoms with Crippen molar-refractivity contribution in [1.82, 2.24) is 15.1 Å². The van der Waals surface area contributed by atoms with E-state index >= 15 is 0 Å². The Morgan fingerprint density at radius 1 is 1.09 bits per heavy atom. The normalized spacial score (nSPS) is 15.3. The number of rotatable bonds is 3. The van der Waals surface area contributed by atoms with E-state index < -0.39 is 11.7 Å². The van der Waals surface area contributed by atoms with Crippen LogP contribution in [0.2, 0.25) is 0 Å². The molecule has 0 aromatic carbocycles. The summed E-state index contributed by atoms with van der Waals surface area (Å²) < 4.78 is 5.07. The highest BCUT2D eigenvalue weighted by molar-refractivity contribution is 5.92. The summed E-state index contributed by atoms with van der Waals surface area (Å²) in [6.07, 6.45) is -0.614. The van der Waals surface area contributed by atoms with Crippen LogP contribution in [0.3, 0.4) is 0 Å². The van der Waals surface area contributed by atoms with E-state index in [2.05, 4.69) is 11.9 Å². The number of hydrogen-bond donors (Lipinski definition) is 1. The second-order valence-electron chi connectivity index (χ2n) is 6.31. The number of ether oxygens (including phenoxy) is 1. The Labute approximate surface area is 131 Å². The fourth-order valence-electron chi connectivity index (χ4n) is 2.00. The van der Waals surface area contributed by atoms with Gasteiger partial charge in [0.1, 0.15) is 12.1 Å². The molecule has 7 nitrogen and oxygen atoms in total. The van der Waals surface area contributed by atoms with E-state index in [1.54, 1.807) is 37.5 Å². The van der Waals surface area contributed by atoms with E-state index in [1.165, 1.54) is 0 Å². The lowest BCUT2D eigenvalue weighted by molar-refractivity contribution is -0.136. The molecule has 22 heavy (non-hydrogen) atoms. The molecular weight excluding hydrogens is 286 g/mol. The maximum Gasteiger partial charge on any atom is 0.408 e. The zero-order valence-electron chi connectivity index (χ0n) is 13.8. The summed E-state index contributed by atoms with van der Waals surface area (Å²) in [5.41, 5.74) is -0.104. The number of nitrogens with zero attached hydrogens (tertiary/aromatic N) is 2. The molecule has 0 radical (unpaired) electrons. The predicted octanol–water partition coefficient (Wildman–Crippen LogP) is 0.758. The van der Waals surface area contributed by atoms with Crippen LogP contribution in [0.5, 0.6) is 0 Å². The molecule has 0 bridgehead atoms. The van der Waals surface area contributed by atoms with Gasteiger partial charge >= 0.3 is 6.09 Å². The number of piperazine rings is 1. The fraction of sp³-hybridized carbons (Fsp3) is 0.667. The molecule has 1 rings (SSSR count). The van der Waals surface area contributed by atoms with Crippen molar-refractivity contribution < 1.29 is 19.1 Å². The largest absolute Gasteiger partial charge is 0.444 e. The smallest absolute Gasteiger partial charge is 0.408 e. The third kappa shape index (κ3) is 5.75. The van der Waals surface area contributed by atoms with E-state index in [-0.39, 0.29) is 18.4 Å². The molecule has 1 aliphatic rings. The zero-order chi connectivity index (χ0) is 16.9. The predicted molar refractivity (Wildman–Crippen MR) is 82.2 cm³/mol. The van der Waals surface area contributed by atoms with Gasteiger partial charge < -0.3 is 19.9 Å². The molecule has 0 aromatic heterocycles. The molecule has 1 fully saturated rings. The summed E-state index contributed by atoms with van der Waals surface area (Å²) in [6, 6.07) is 0. The molecule has 7 heteroatoms. The van der Waals surface area contributed by atoms with Crippen LogP contribution < -0.4 is 5.32 Å². The maximum atomic E-state index is 12.0. The molecule has 0 unspecified atom stereocenters. The number of nitrogens with one attached hydrogen (secondary N) is 1. The lowest BCUT2D eigenvalue weighted by atomic mass is 10.2. The minimum absolute atomic E-state index is 0.0843. The van der Waals surface area contributed by atoms with Crippen molar-refractivity contribution in [2.45, 2.75) is 33.3 Å². The minimum Gasteiger partial charge on any atom is -0.444 e. The number of hydrogen-bond acceptors (Lipinski definition) is 4. The summed E-state index contributed by atoms with van der Waals surface area (Å²) in [7, 11) is 0. The Balaban J connectivity index is 2.36. The topological polar surface area (TPSA) is 79.0 Å². The second kappa shape index (κ2) is 7.29. The zero-order valence-corrected chi connectivity index (χ0v) is 13.8. The summed E-state index contributed by atoms with van der Waals surface area (Å²) in [6.45, 7) is 12.3. The highest BCUT2D eigenvalue weighted by atomic mass is 16.6. The molecule has 0 saturated carbocycles. The Bertz CT molecular complexity index is 460. The van der Waals surface area contributed by atoms with Gasteiger partial charge in [-0.1, -0.05) is 6.58 Å². The SMILES string of the molecule is C=C(C)C(=O)N1CCN(C(=O)CNC(=O)OC(C)(C)C)CC1.